The lowest BCUT2D eigenvalue weighted by Gasteiger charge is -2.45. The summed E-state index contributed by atoms with van der Waals surface area (Å²) < 4.78 is 0. The Morgan fingerprint density at radius 1 is 1.55 bits per heavy atom. The van der Waals surface area contributed by atoms with Gasteiger partial charge in [-0.05, 0) is 42.4 Å². The van der Waals surface area contributed by atoms with Crippen LogP contribution in [0.2, 0.25) is 0 Å². The highest BCUT2D eigenvalue weighted by Gasteiger charge is 2.58. The molecule has 0 amide bonds. The van der Waals surface area contributed by atoms with Crippen molar-refractivity contribution in [3.8, 4) is 0 Å². The van der Waals surface area contributed by atoms with Gasteiger partial charge in [0.15, 0.2) is 0 Å². The van der Waals surface area contributed by atoms with E-state index < -0.39 is 0 Å². The summed E-state index contributed by atoms with van der Waals surface area (Å²) in [6, 6.07) is 0. The fourth-order valence-electron chi connectivity index (χ4n) is 3.37. The standard InChI is InChI=1S/C10H18O/c1-7-8-5-9(3-4-11)10(7,2)6-8/h7-9,11H,3-6H2,1-2H3. The van der Waals surface area contributed by atoms with Crippen molar-refractivity contribution in [3.05, 3.63) is 0 Å². The minimum Gasteiger partial charge on any atom is -0.396 e. The third-order valence-corrected chi connectivity index (χ3v) is 4.45. The first-order valence-corrected chi connectivity index (χ1v) is 4.79. The van der Waals surface area contributed by atoms with Gasteiger partial charge in [0.1, 0.15) is 0 Å². The van der Waals surface area contributed by atoms with E-state index in [1.54, 1.807) is 0 Å². The van der Waals surface area contributed by atoms with Crippen LogP contribution in [0.4, 0.5) is 0 Å². The highest BCUT2D eigenvalue weighted by molar-refractivity contribution is 5.07. The molecule has 0 saturated heterocycles. The van der Waals surface area contributed by atoms with Crippen LogP contribution in [0, 0.1) is 23.2 Å². The van der Waals surface area contributed by atoms with Crippen molar-refractivity contribution in [3.63, 3.8) is 0 Å². The fourth-order valence-corrected chi connectivity index (χ4v) is 3.37. The molecular formula is C10H18O. The second-order valence-corrected chi connectivity index (χ2v) is 4.70. The Morgan fingerprint density at radius 2 is 2.27 bits per heavy atom. The number of hydrogen-bond donors (Lipinski definition) is 1. The zero-order valence-electron chi connectivity index (χ0n) is 7.51. The molecular weight excluding hydrogens is 136 g/mol. The first-order valence-electron chi connectivity index (χ1n) is 4.79. The first kappa shape index (κ1) is 7.60. The van der Waals surface area contributed by atoms with Gasteiger partial charge < -0.3 is 5.11 Å². The zero-order chi connectivity index (χ0) is 8.06. The zero-order valence-corrected chi connectivity index (χ0v) is 7.51. The molecule has 0 spiro atoms. The maximum atomic E-state index is 8.86. The van der Waals surface area contributed by atoms with Gasteiger partial charge >= 0.3 is 0 Å². The lowest BCUT2D eigenvalue weighted by Crippen LogP contribution is -2.38. The van der Waals surface area contributed by atoms with E-state index in [1.807, 2.05) is 0 Å². The Hall–Kier alpha value is -0.0400. The van der Waals surface area contributed by atoms with Gasteiger partial charge in [-0.25, -0.2) is 0 Å². The maximum Gasteiger partial charge on any atom is 0.0433 e. The van der Waals surface area contributed by atoms with Gasteiger partial charge in [0.25, 0.3) is 0 Å². The van der Waals surface area contributed by atoms with Crippen LogP contribution >= 0.6 is 0 Å². The minimum atomic E-state index is 0.389. The molecule has 3 saturated carbocycles. The van der Waals surface area contributed by atoms with Crippen molar-refractivity contribution in [2.24, 2.45) is 23.2 Å². The quantitative estimate of drug-likeness (QED) is 0.645. The van der Waals surface area contributed by atoms with E-state index in [2.05, 4.69) is 13.8 Å². The molecule has 0 aromatic rings. The molecule has 0 aliphatic heterocycles. The molecule has 1 N–H and O–H groups in total. The van der Waals surface area contributed by atoms with Crippen LogP contribution in [0.1, 0.15) is 33.1 Å². The highest BCUT2D eigenvalue weighted by Crippen LogP contribution is 2.66. The van der Waals surface area contributed by atoms with E-state index in [1.165, 1.54) is 12.8 Å². The van der Waals surface area contributed by atoms with Gasteiger partial charge in [0.05, 0.1) is 0 Å². The Morgan fingerprint density at radius 3 is 2.64 bits per heavy atom. The van der Waals surface area contributed by atoms with Crippen molar-refractivity contribution < 1.29 is 5.11 Å². The molecule has 2 bridgehead atoms. The molecule has 64 valence electrons. The fraction of sp³-hybridized carbons (Fsp3) is 1.00. The molecule has 3 aliphatic rings. The lowest BCUT2D eigenvalue weighted by molar-refractivity contribution is 0.0321. The number of fused-ring (bicyclic) bond motifs is 1. The van der Waals surface area contributed by atoms with Gasteiger partial charge in [0.2, 0.25) is 0 Å². The molecule has 0 aromatic heterocycles. The van der Waals surface area contributed by atoms with E-state index in [-0.39, 0.29) is 0 Å². The minimum absolute atomic E-state index is 0.389. The van der Waals surface area contributed by atoms with Crippen LogP contribution in [0.5, 0.6) is 0 Å². The molecule has 1 heteroatoms. The van der Waals surface area contributed by atoms with Crippen molar-refractivity contribution in [1.82, 2.24) is 0 Å². The number of aliphatic hydroxyl groups excluding tert-OH is 1. The molecule has 3 rings (SSSR count). The summed E-state index contributed by atoms with van der Waals surface area (Å²) in [5.41, 5.74) is 0.605. The van der Waals surface area contributed by atoms with E-state index in [4.69, 9.17) is 5.11 Å². The SMILES string of the molecule is CC1C2CC(CCO)C1(C)C2. The smallest absolute Gasteiger partial charge is 0.0433 e. The van der Waals surface area contributed by atoms with Crippen LogP contribution in [0.3, 0.4) is 0 Å². The van der Waals surface area contributed by atoms with E-state index in [0.717, 1.165) is 24.2 Å². The molecule has 4 atom stereocenters. The number of hydrogen-bond acceptors (Lipinski definition) is 1. The van der Waals surface area contributed by atoms with Crippen LogP contribution in [0.15, 0.2) is 0 Å². The van der Waals surface area contributed by atoms with Crippen molar-refractivity contribution in [2.75, 3.05) is 6.61 Å². The summed E-state index contributed by atoms with van der Waals surface area (Å²) in [5, 5.41) is 8.86. The molecule has 0 radical (unpaired) electrons. The topological polar surface area (TPSA) is 20.2 Å². The Bertz CT molecular complexity index is 166. The summed E-state index contributed by atoms with van der Waals surface area (Å²) in [6.45, 7) is 5.17. The Balaban J connectivity index is 2.05. The van der Waals surface area contributed by atoms with Gasteiger partial charge in [-0.15, -0.1) is 0 Å². The first-order chi connectivity index (χ1) is 5.18. The molecule has 4 unspecified atom stereocenters. The van der Waals surface area contributed by atoms with Crippen molar-refractivity contribution in [1.29, 1.82) is 0 Å². The van der Waals surface area contributed by atoms with Crippen LogP contribution in [-0.2, 0) is 0 Å². The normalized spacial score (nSPS) is 54.3. The summed E-state index contributed by atoms with van der Waals surface area (Å²) in [6.07, 6.45) is 3.86. The summed E-state index contributed by atoms with van der Waals surface area (Å²) >= 11 is 0. The highest BCUT2D eigenvalue weighted by atomic mass is 16.3. The Kier molecular flexibility index (Phi) is 1.54. The number of aliphatic hydroxyl groups is 1. The third-order valence-electron chi connectivity index (χ3n) is 4.45. The van der Waals surface area contributed by atoms with Crippen molar-refractivity contribution >= 4 is 0 Å². The van der Waals surface area contributed by atoms with Crippen LogP contribution in [-0.4, -0.2) is 11.7 Å². The second kappa shape index (κ2) is 2.22. The van der Waals surface area contributed by atoms with E-state index >= 15 is 0 Å². The predicted octanol–water partition coefficient (Wildman–Crippen LogP) is 2.05. The van der Waals surface area contributed by atoms with Gasteiger partial charge in [0, 0.05) is 6.61 Å². The monoisotopic (exact) mass is 154 g/mol. The molecule has 3 aliphatic carbocycles. The van der Waals surface area contributed by atoms with Gasteiger partial charge in [-0.1, -0.05) is 13.8 Å². The molecule has 11 heavy (non-hydrogen) atoms. The average molecular weight is 154 g/mol. The predicted molar refractivity (Wildman–Crippen MR) is 45.2 cm³/mol. The largest absolute Gasteiger partial charge is 0.396 e. The van der Waals surface area contributed by atoms with Crippen LogP contribution in [0.25, 0.3) is 0 Å². The molecule has 1 nitrogen and oxygen atoms in total. The third kappa shape index (κ3) is 0.807. The molecule has 0 aromatic carbocycles. The summed E-state index contributed by atoms with van der Waals surface area (Å²) in [5.74, 6) is 2.75. The van der Waals surface area contributed by atoms with E-state index in [9.17, 15) is 0 Å². The Labute approximate surface area is 68.8 Å². The van der Waals surface area contributed by atoms with Crippen LogP contribution < -0.4 is 0 Å². The summed E-state index contributed by atoms with van der Waals surface area (Å²) in [4.78, 5) is 0. The van der Waals surface area contributed by atoms with Crippen molar-refractivity contribution in [2.45, 2.75) is 33.1 Å². The summed E-state index contributed by atoms with van der Waals surface area (Å²) in [7, 11) is 0. The molecule has 3 fully saturated rings. The maximum absolute atomic E-state index is 8.86. The molecule has 0 heterocycles. The number of rotatable bonds is 2. The lowest BCUT2D eigenvalue weighted by atomic mass is 9.60. The average Bonchev–Trinajstić information content (AvgIpc) is 2.41. The van der Waals surface area contributed by atoms with E-state index in [0.29, 0.717) is 12.0 Å². The van der Waals surface area contributed by atoms with Gasteiger partial charge in [-0.3, -0.25) is 0 Å². The second-order valence-electron chi connectivity index (χ2n) is 4.70. The van der Waals surface area contributed by atoms with Gasteiger partial charge in [-0.2, -0.15) is 0 Å².